The molecule has 6 heteroatoms. The van der Waals surface area contributed by atoms with Crippen LogP contribution >= 0.6 is 0 Å². The molecule has 19 heavy (non-hydrogen) atoms. The minimum Gasteiger partial charge on any atom is 0 e. The maximum Gasteiger partial charge on any atom is 0 e. The van der Waals surface area contributed by atoms with E-state index in [0.717, 1.165) is 0 Å². The van der Waals surface area contributed by atoms with Crippen LogP contribution in [0.5, 0.6) is 0 Å². The Labute approximate surface area is 123 Å². The van der Waals surface area contributed by atoms with Gasteiger partial charge in [-0.15, -0.1) is 0 Å². The molecule has 5 nitrogen and oxygen atoms in total. The van der Waals surface area contributed by atoms with E-state index in [0.29, 0.717) is 12.7 Å². The van der Waals surface area contributed by atoms with Crippen molar-refractivity contribution in [3.8, 4) is 0 Å². The van der Waals surface area contributed by atoms with Gasteiger partial charge in [0.2, 0.25) is 0 Å². The Hall–Kier alpha value is -1.41. The first-order valence-electron chi connectivity index (χ1n) is 4.50. The number of aliphatic hydroxyl groups excluding tert-OH is 1. The maximum absolute atomic E-state index is 9.85. The summed E-state index contributed by atoms with van der Waals surface area (Å²) >= 11 is 0. The number of aliphatic hydroxyl groups is 1. The Morgan fingerprint density at radius 1 is 1.05 bits per heavy atom. The van der Waals surface area contributed by atoms with E-state index in [1.54, 1.807) is 18.2 Å². The van der Waals surface area contributed by atoms with Crippen LogP contribution in [0.15, 0.2) is 36.5 Å². The van der Waals surface area contributed by atoms with E-state index in [9.17, 15) is 9.90 Å². The van der Waals surface area contributed by atoms with Gasteiger partial charge >= 0.3 is 33.9 Å². The Morgan fingerprint density at radius 2 is 1.53 bits per heavy atom. The van der Waals surface area contributed by atoms with E-state index in [1.807, 2.05) is 19.1 Å². The van der Waals surface area contributed by atoms with Crippen molar-refractivity contribution >= 4 is 6.29 Å². The van der Waals surface area contributed by atoms with E-state index < -0.39 is 6.10 Å². The second kappa shape index (κ2) is 43.8. The van der Waals surface area contributed by atoms with Crippen molar-refractivity contribution in [2.75, 3.05) is 0 Å². The quantitative estimate of drug-likeness (QED) is 0.208. The van der Waals surface area contributed by atoms with Crippen molar-refractivity contribution in [3.63, 3.8) is 0 Å². The molecule has 104 valence electrons. The molecule has 0 aromatic rings. The van der Waals surface area contributed by atoms with Crippen LogP contribution in [0.2, 0.25) is 0 Å². The average molecular weight is 306 g/mol. The Kier molecular flexibility index (Phi) is 70.5. The molecule has 0 aliphatic carbocycles. The first-order chi connectivity index (χ1) is 8.81. The van der Waals surface area contributed by atoms with Crippen LogP contribution in [0.25, 0.3) is 0 Å². The van der Waals surface area contributed by atoms with Gasteiger partial charge in [-0.3, -0.25) is 4.79 Å². The fourth-order valence-corrected chi connectivity index (χ4v) is 0.656. The van der Waals surface area contributed by atoms with E-state index in [-0.39, 0.29) is 17.1 Å². The first kappa shape index (κ1) is 30.5. The fourth-order valence-electron chi connectivity index (χ4n) is 0.656. The topological polar surface area (TPSA) is 97.0 Å². The molecule has 0 amide bonds. The molecule has 0 aromatic carbocycles. The summed E-state index contributed by atoms with van der Waals surface area (Å²) in [5.74, 6) is 0. The van der Waals surface area contributed by atoms with Gasteiger partial charge in [0.1, 0.15) is 6.29 Å². The van der Waals surface area contributed by atoms with Crippen LogP contribution in [-0.2, 0) is 35.8 Å². The number of aldehydes is 1. The molecule has 1 atom stereocenters. The zero-order valence-corrected chi connectivity index (χ0v) is 11.4. The molecule has 0 heterocycles. The first-order valence-corrected chi connectivity index (χ1v) is 4.50. The summed E-state index contributed by atoms with van der Waals surface area (Å²) in [6.07, 6.45) is 10.9. The number of hydrogen-bond acceptors (Lipinski definition) is 2. The van der Waals surface area contributed by atoms with Crippen molar-refractivity contribution in [3.05, 3.63) is 56.4 Å². The average Bonchev–Trinajstić information content (AvgIpc) is 2.46. The van der Waals surface area contributed by atoms with Crippen LogP contribution in [0.4, 0.5) is 0 Å². The molecular weight excluding hydrogens is 292 g/mol. The van der Waals surface area contributed by atoms with Gasteiger partial charge in [-0.25, -0.2) is 0 Å². The predicted molar refractivity (Wildman–Crippen MR) is 61.6 cm³/mol. The monoisotopic (exact) mass is 306 g/mol. The predicted octanol–water partition coefficient (Wildman–Crippen LogP) is 1.51. The van der Waals surface area contributed by atoms with Gasteiger partial charge in [0.25, 0.3) is 0 Å². The third-order valence-electron chi connectivity index (χ3n) is 1.23. The summed E-state index contributed by atoms with van der Waals surface area (Å²) in [6, 6.07) is 0. The zero-order valence-electron chi connectivity index (χ0n) is 10.3. The molecule has 0 fully saturated rings. The minimum absolute atomic E-state index is 0. The standard InChI is InChI=1S/C10H14O2.3CO.Fe/c1-2-3-4-7-10(12)8-5-6-9-11;3*1-2;/h2-7,9-10,12H,8H2,1H3;;;;/b3-2+,6-5+,7-4+;;;;. The van der Waals surface area contributed by atoms with Gasteiger partial charge in [-0.1, -0.05) is 30.4 Å². The Morgan fingerprint density at radius 3 is 1.89 bits per heavy atom. The number of carbonyl (C=O) groups excluding carboxylic acids is 1. The van der Waals surface area contributed by atoms with Crippen molar-refractivity contribution in [1.29, 1.82) is 0 Å². The molecule has 0 aliphatic heterocycles. The number of allylic oxidation sites excluding steroid dienone is 4. The smallest absolute Gasteiger partial charge is 0 e. The van der Waals surface area contributed by atoms with Gasteiger partial charge < -0.3 is 5.11 Å². The molecular formula is C13H14FeO5. The second-order valence-corrected chi connectivity index (χ2v) is 2.28. The second-order valence-electron chi connectivity index (χ2n) is 2.28. The number of rotatable bonds is 5. The fraction of sp³-hybridized carbons (Fsp3) is 0.231. The van der Waals surface area contributed by atoms with E-state index in [2.05, 4.69) is 20.0 Å². The normalized spacial score (nSPS) is 9.68. The third-order valence-corrected chi connectivity index (χ3v) is 1.23. The molecule has 0 saturated carbocycles. The summed E-state index contributed by atoms with van der Waals surface area (Å²) in [7, 11) is 0. The van der Waals surface area contributed by atoms with Gasteiger partial charge in [-0.05, 0) is 19.4 Å². The zero-order chi connectivity index (χ0) is 15.2. The van der Waals surface area contributed by atoms with Crippen LogP contribution in [0.1, 0.15) is 13.3 Å². The molecule has 0 spiro atoms. The van der Waals surface area contributed by atoms with E-state index in [1.165, 1.54) is 6.08 Å². The molecule has 1 N–H and O–H groups in total. The molecule has 1 unspecified atom stereocenters. The molecule has 0 aliphatic rings. The van der Waals surface area contributed by atoms with Crippen molar-refractivity contribution in [1.82, 2.24) is 0 Å². The number of hydrogen-bond donors (Lipinski definition) is 1. The van der Waals surface area contributed by atoms with E-state index >= 15 is 0 Å². The van der Waals surface area contributed by atoms with Crippen LogP contribution in [0, 0.1) is 20.0 Å². The number of carbonyl (C=O) groups is 1. The van der Waals surface area contributed by atoms with Gasteiger partial charge in [0.15, 0.2) is 0 Å². The SMILES string of the molecule is C/C=C/C=C/C(O)C/C=C/C=O.[C-]#[O+].[C-]#[O+].[C-]#[O+].[Fe]. The summed E-state index contributed by atoms with van der Waals surface area (Å²) in [6.45, 7) is 15.4. The van der Waals surface area contributed by atoms with Gasteiger partial charge in [0.05, 0.1) is 6.10 Å². The largest absolute Gasteiger partial charge is 0 e. The summed E-state index contributed by atoms with van der Waals surface area (Å²) in [5.41, 5.74) is 0. The summed E-state index contributed by atoms with van der Waals surface area (Å²) < 4.78 is 22.5. The third kappa shape index (κ3) is 47.9. The van der Waals surface area contributed by atoms with Gasteiger partial charge in [-0.2, -0.15) is 0 Å². The minimum atomic E-state index is -0.502. The molecule has 0 bridgehead atoms. The Balaban J connectivity index is -0.0000000816. The van der Waals surface area contributed by atoms with Crippen LogP contribution < -0.4 is 0 Å². The van der Waals surface area contributed by atoms with Crippen molar-refractivity contribution in [2.45, 2.75) is 19.4 Å². The molecule has 0 aromatic heterocycles. The molecule has 0 rings (SSSR count). The van der Waals surface area contributed by atoms with Crippen molar-refractivity contribution < 1.29 is 40.9 Å². The molecule has 0 radical (unpaired) electrons. The maximum atomic E-state index is 9.85. The summed E-state index contributed by atoms with van der Waals surface area (Å²) in [4.78, 5) is 9.85. The van der Waals surface area contributed by atoms with Crippen molar-refractivity contribution in [2.24, 2.45) is 0 Å². The Bertz CT molecular complexity index is 286. The van der Waals surface area contributed by atoms with Crippen LogP contribution in [-0.4, -0.2) is 17.5 Å². The molecule has 0 saturated heterocycles. The van der Waals surface area contributed by atoms with Gasteiger partial charge in [0, 0.05) is 17.1 Å². The summed E-state index contributed by atoms with van der Waals surface area (Å²) in [5, 5.41) is 9.21. The van der Waals surface area contributed by atoms with E-state index in [4.69, 9.17) is 14.0 Å². The van der Waals surface area contributed by atoms with Crippen LogP contribution in [0.3, 0.4) is 0 Å².